The Morgan fingerprint density at radius 2 is 2.00 bits per heavy atom. The molecule has 5 nitrogen and oxygen atoms in total. The Hall–Kier alpha value is -2.28. The van der Waals surface area contributed by atoms with Crippen LogP contribution in [0.4, 0.5) is 8.78 Å². The molecule has 1 amide bonds. The summed E-state index contributed by atoms with van der Waals surface area (Å²) in [4.78, 5) is 13.6. The lowest BCUT2D eigenvalue weighted by Gasteiger charge is -2.25. The second-order valence-electron chi connectivity index (χ2n) is 5.26. The van der Waals surface area contributed by atoms with Crippen molar-refractivity contribution in [1.29, 1.82) is 0 Å². The number of aromatic amines is 1. The summed E-state index contributed by atoms with van der Waals surface area (Å²) in [6, 6.07) is 4.70. The number of rotatable bonds is 5. The highest BCUT2D eigenvalue weighted by molar-refractivity contribution is 5.92. The molecule has 7 heteroatoms. The standard InChI is InChI=1S/C15H18F2N4O/c1-9-7-12(20-19-9)15(22)18-8-13(21(2)3)14-10(16)5-4-6-11(14)17/h4-7,13H,8H2,1-3H3,(H,18,22)(H,19,20). The zero-order valence-electron chi connectivity index (χ0n) is 12.7. The van der Waals surface area contributed by atoms with E-state index in [1.54, 1.807) is 32.0 Å². The molecule has 0 aliphatic carbocycles. The van der Waals surface area contributed by atoms with Crippen LogP contribution in [0.15, 0.2) is 24.3 Å². The smallest absolute Gasteiger partial charge is 0.271 e. The van der Waals surface area contributed by atoms with Gasteiger partial charge in [0.05, 0.1) is 6.04 Å². The fourth-order valence-corrected chi connectivity index (χ4v) is 2.19. The van der Waals surface area contributed by atoms with Gasteiger partial charge in [0.2, 0.25) is 0 Å². The highest BCUT2D eigenvalue weighted by atomic mass is 19.1. The van der Waals surface area contributed by atoms with Crippen LogP contribution in [-0.2, 0) is 0 Å². The number of nitrogens with one attached hydrogen (secondary N) is 2. The minimum Gasteiger partial charge on any atom is -0.349 e. The second kappa shape index (κ2) is 6.65. The van der Waals surface area contributed by atoms with Crippen molar-refractivity contribution in [2.75, 3.05) is 20.6 Å². The zero-order valence-corrected chi connectivity index (χ0v) is 12.7. The molecule has 22 heavy (non-hydrogen) atoms. The molecule has 1 atom stereocenters. The van der Waals surface area contributed by atoms with Gasteiger partial charge in [-0.3, -0.25) is 9.89 Å². The molecule has 0 aliphatic heterocycles. The Labute approximate surface area is 127 Å². The lowest BCUT2D eigenvalue weighted by Crippen LogP contribution is -2.35. The number of benzene rings is 1. The molecule has 1 heterocycles. The molecule has 2 N–H and O–H groups in total. The third kappa shape index (κ3) is 3.48. The van der Waals surface area contributed by atoms with Gasteiger partial charge >= 0.3 is 0 Å². The van der Waals surface area contributed by atoms with Gasteiger partial charge in [-0.15, -0.1) is 0 Å². The van der Waals surface area contributed by atoms with E-state index in [0.29, 0.717) is 0 Å². The number of hydrogen-bond donors (Lipinski definition) is 2. The van der Waals surface area contributed by atoms with Gasteiger partial charge in [0.25, 0.3) is 5.91 Å². The van der Waals surface area contributed by atoms with Crippen LogP contribution in [0.5, 0.6) is 0 Å². The third-order valence-electron chi connectivity index (χ3n) is 3.35. The molecule has 0 aliphatic rings. The number of amides is 1. The van der Waals surface area contributed by atoms with Crippen molar-refractivity contribution in [3.8, 4) is 0 Å². The molecule has 0 saturated carbocycles. The van der Waals surface area contributed by atoms with Crippen molar-refractivity contribution in [2.45, 2.75) is 13.0 Å². The number of aryl methyl sites for hydroxylation is 1. The fraction of sp³-hybridized carbons (Fsp3) is 0.333. The van der Waals surface area contributed by atoms with E-state index >= 15 is 0 Å². The average molecular weight is 308 g/mol. The van der Waals surface area contributed by atoms with Crippen molar-refractivity contribution < 1.29 is 13.6 Å². The van der Waals surface area contributed by atoms with Gasteiger partial charge in [-0.25, -0.2) is 8.78 Å². The molecular formula is C15H18F2N4O. The largest absolute Gasteiger partial charge is 0.349 e. The topological polar surface area (TPSA) is 61.0 Å². The maximum absolute atomic E-state index is 13.9. The number of halogens is 2. The van der Waals surface area contributed by atoms with Gasteiger partial charge in [0, 0.05) is 17.8 Å². The van der Waals surface area contributed by atoms with E-state index in [1.165, 1.54) is 18.2 Å². The molecule has 0 bridgehead atoms. The van der Waals surface area contributed by atoms with Crippen LogP contribution in [0.1, 0.15) is 27.8 Å². The van der Waals surface area contributed by atoms with E-state index in [4.69, 9.17) is 0 Å². The Morgan fingerprint density at radius 1 is 1.36 bits per heavy atom. The molecule has 2 rings (SSSR count). The molecule has 0 radical (unpaired) electrons. The highest BCUT2D eigenvalue weighted by Gasteiger charge is 2.23. The zero-order chi connectivity index (χ0) is 16.3. The number of hydrogen-bond acceptors (Lipinski definition) is 3. The molecule has 0 saturated heterocycles. The number of aromatic nitrogens is 2. The van der Waals surface area contributed by atoms with E-state index < -0.39 is 23.6 Å². The normalized spacial score (nSPS) is 12.5. The lowest BCUT2D eigenvalue weighted by atomic mass is 10.0. The summed E-state index contributed by atoms with van der Waals surface area (Å²) in [7, 11) is 3.39. The van der Waals surface area contributed by atoms with Crippen LogP contribution in [0.3, 0.4) is 0 Å². The summed E-state index contributed by atoms with van der Waals surface area (Å²) in [6.45, 7) is 1.84. The predicted octanol–water partition coefficient (Wildman–Crippen LogP) is 2.03. The van der Waals surface area contributed by atoms with Crippen LogP contribution in [0, 0.1) is 18.6 Å². The maximum Gasteiger partial charge on any atom is 0.271 e. The summed E-state index contributed by atoms with van der Waals surface area (Å²) in [6.07, 6.45) is 0. The monoisotopic (exact) mass is 308 g/mol. The number of carbonyl (C=O) groups excluding carboxylic acids is 1. The van der Waals surface area contributed by atoms with Crippen LogP contribution in [0.2, 0.25) is 0 Å². The summed E-state index contributed by atoms with van der Waals surface area (Å²) >= 11 is 0. The van der Waals surface area contributed by atoms with Gasteiger partial charge in [0.15, 0.2) is 0 Å². The molecule has 0 fully saturated rings. The maximum atomic E-state index is 13.9. The summed E-state index contributed by atoms with van der Waals surface area (Å²) in [5, 5.41) is 9.17. The molecular weight excluding hydrogens is 290 g/mol. The lowest BCUT2D eigenvalue weighted by molar-refractivity contribution is 0.0935. The first-order valence-corrected chi connectivity index (χ1v) is 6.80. The van der Waals surface area contributed by atoms with E-state index in [9.17, 15) is 13.6 Å². The van der Waals surface area contributed by atoms with Crippen molar-refractivity contribution in [3.63, 3.8) is 0 Å². The predicted molar refractivity (Wildman–Crippen MR) is 78.4 cm³/mol. The van der Waals surface area contributed by atoms with E-state index in [1.807, 2.05) is 0 Å². The average Bonchev–Trinajstić information content (AvgIpc) is 2.88. The van der Waals surface area contributed by atoms with Crippen molar-refractivity contribution in [3.05, 3.63) is 52.9 Å². The highest BCUT2D eigenvalue weighted by Crippen LogP contribution is 2.23. The first-order chi connectivity index (χ1) is 10.4. The number of likely N-dealkylation sites (N-methyl/N-ethyl adjacent to an activating group) is 1. The molecule has 2 aromatic rings. The van der Waals surface area contributed by atoms with Crippen LogP contribution < -0.4 is 5.32 Å². The van der Waals surface area contributed by atoms with Gasteiger partial charge in [-0.2, -0.15) is 5.10 Å². The second-order valence-corrected chi connectivity index (χ2v) is 5.26. The third-order valence-corrected chi connectivity index (χ3v) is 3.35. The quantitative estimate of drug-likeness (QED) is 0.888. The fourth-order valence-electron chi connectivity index (χ4n) is 2.19. The van der Waals surface area contributed by atoms with E-state index in [-0.39, 0.29) is 17.8 Å². The van der Waals surface area contributed by atoms with Gasteiger partial charge in [0.1, 0.15) is 17.3 Å². The minimum atomic E-state index is -0.636. The molecule has 1 aromatic heterocycles. The number of carbonyl (C=O) groups is 1. The Morgan fingerprint density at radius 3 is 2.50 bits per heavy atom. The van der Waals surface area contributed by atoms with Crippen LogP contribution in [-0.4, -0.2) is 41.6 Å². The number of nitrogens with zero attached hydrogens (tertiary/aromatic N) is 2. The summed E-state index contributed by atoms with van der Waals surface area (Å²) < 4.78 is 27.8. The molecule has 0 spiro atoms. The van der Waals surface area contributed by atoms with Gasteiger partial charge in [-0.05, 0) is 39.2 Å². The Balaban J connectivity index is 2.15. The Kier molecular flexibility index (Phi) is 4.87. The molecule has 1 unspecified atom stereocenters. The number of H-pyrrole nitrogens is 1. The summed E-state index contributed by atoms with van der Waals surface area (Å²) in [5.74, 6) is -1.67. The minimum absolute atomic E-state index is 0.0639. The van der Waals surface area contributed by atoms with E-state index in [2.05, 4.69) is 15.5 Å². The van der Waals surface area contributed by atoms with Crippen LogP contribution >= 0.6 is 0 Å². The first-order valence-electron chi connectivity index (χ1n) is 6.80. The van der Waals surface area contributed by atoms with Gasteiger partial charge < -0.3 is 10.2 Å². The van der Waals surface area contributed by atoms with Crippen molar-refractivity contribution in [1.82, 2.24) is 20.4 Å². The van der Waals surface area contributed by atoms with Crippen molar-refractivity contribution in [2.24, 2.45) is 0 Å². The van der Waals surface area contributed by atoms with E-state index in [0.717, 1.165) is 5.69 Å². The SMILES string of the molecule is Cc1cc(C(=O)NCC(c2c(F)cccc2F)N(C)C)n[nH]1. The summed E-state index contributed by atoms with van der Waals surface area (Å²) in [5.41, 5.74) is 0.935. The molecule has 118 valence electrons. The van der Waals surface area contributed by atoms with Crippen molar-refractivity contribution >= 4 is 5.91 Å². The van der Waals surface area contributed by atoms with Crippen LogP contribution in [0.25, 0.3) is 0 Å². The van der Waals surface area contributed by atoms with Gasteiger partial charge in [-0.1, -0.05) is 6.07 Å². The Bertz CT molecular complexity index is 649. The first kappa shape index (κ1) is 16.1. The molecule has 1 aromatic carbocycles.